The summed E-state index contributed by atoms with van der Waals surface area (Å²) < 4.78 is 0. The van der Waals surface area contributed by atoms with Gasteiger partial charge in [-0.3, -0.25) is 0 Å². The van der Waals surface area contributed by atoms with Crippen LogP contribution in [0.3, 0.4) is 0 Å². The van der Waals surface area contributed by atoms with Crippen LogP contribution in [0.2, 0.25) is 0 Å². The van der Waals surface area contributed by atoms with Gasteiger partial charge in [-0.25, -0.2) is 6.57 Å². The van der Waals surface area contributed by atoms with Gasteiger partial charge >= 0.3 is 0 Å². The average molecular weight is 139 g/mol. The van der Waals surface area contributed by atoms with E-state index < -0.39 is 5.60 Å². The van der Waals surface area contributed by atoms with Crippen molar-refractivity contribution >= 4 is 0 Å². The van der Waals surface area contributed by atoms with E-state index in [2.05, 4.69) is 4.85 Å². The average Bonchev–Trinajstić information content (AvgIpc) is 1.89. The quantitative estimate of drug-likeness (QED) is 0.548. The molecule has 0 saturated heterocycles. The third-order valence-corrected chi connectivity index (χ3v) is 2.16. The molecule has 0 atom stereocenters. The zero-order chi connectivity index (χ0) is 7.45. The molecular weight excluding hydrogens is 126 g/mol. The first-order valence-electron chi connectivity index (χ1n) is 3.82. The van der Waals surface area contributed by atoms with Gasteiger partial charge in [0, 0.05) is 0 Å². The van der Waals surface area contributed by atoms with Crippen molar-refractivity contribution < 1.29 is 5.11 Å². The molecule has 1 rings (SSSR count). The van der Waals surface area contributed by atoms with Crippen LogP contribution in [-0.2, 0) is 0 Å². The van der Waals surface area contributed by atoms with Gasteiger partial charge in [-0.15, -0.1) is 0 Å². The predicted octanol–water partition coefficient (Wildman–Crippen LogP) is 1.60. The Morgan fingerprint density at radius 1 is 1.30 bits per heavy atom. The number of nitrogens with zero attached hydrogens (tertiary/aromatic N) is 1. The van der Waals surface area contributed by atoms with Gasteiger partial charge in [-0.1, -0.05) is 19.3 Å². The summed E-state index contributed by atoms with van der Waals surface area (Å²) in [5, 5.41) is 9.66. The van der Waals surface area contributed by atoms with E-state index in [0.29, 0.717) is 6.54 Å². The van der Waals surface area contributed by atoms with Crippen LogP contribution < -0.4 is 0 Å². The van der Waals surface area contributed by atoms with Gasteiger partial charge in [0.15, 0.2) is 0 Å². The Balaban J connectivity index is 2.42. The smallest absolute Gasteiger partial charge is 0.242 e. The normalized spacial score (nSPS) is 23.6. The summed E-state index contributed by atoms with van der Waals surface area (Å²) in [6.07, 6.45) is 5.06. The second kappa shape index (κ2) is 3.03. The summed E-state index contributed by atoms with van der Waals surface area (Å²) in [4.78, 5) is 3.23. The Morgan fingerprint density at radius 2 is 1.90 bits per heavy atom. The van der Waals surface area contributed by atoms with Crippen LogP contribution in [0.25, 0.3) is 4.85 Å². The highest BCUT2D eigenvalue weighted by Crippen LogP contribution is 2.27. The van der Waals surface area contributed by atoms with Crippen LogP contribution in [0.15, 0.2) is 0 Å². The molecule has 1 fully saturated rings. The van der Waals surface area contributed by atoms with Crippen molar-refractivity contribution in [1.82, 2.24) is 0 Å². The van der Waals surface area contributed by atoms with Crippen LogP contribution in [0.4, 0.5) is 0 Å². The van der Waals surface area contributed by atoms with Crippen LogP contribution in [0.5, 0.6) is 0 Å². The Morgan fingerprint density at radius 3 is 2.40 bits per heavy atom. The fraction of sp³-hybridized carbons (Fsp3) is 0.875. The maximum atomic E-state index is 9.66. The highest BCUT2D eigenvalue weighted by Gasteiger charge is 2.31. The van der Waals surface area contributed by atoms with Gasteiger partial charge in [0.1, 0.15) is 5.60 Å². The maximum absolute atomic E-state index is 9.66. The minimum atomic E-state index is -0.625. The summed E-state index contributed by atoms with van der Waals surface area (Å²) in [6, 6.07) is 0. The zero-order valence-electron chi connectivity index (χ0n) is 6.14. The van der Waals surface area contributed by atoms with Gasteiger partial charge in [-0.05, 0) is 12.8 Å². The van der Waals surface area contributed by atoms with Crippen LogP contribution in [0.1, 0.15) is 32.1 Å². The van der Waals surface area contributed by atoms with Gasteiger partial charge in [-0.2, -0.15) is 0 Å². The maximum Gasteiger partial charge on any atom is 0.242 e. The molecule has 2 heteroatoms. The van der Waals surface area contributed by atoms with Crippen molar-refractivity contribution in [2.75, 3.05) is 6.54 Å². The minimum Gasteiger partial charge on any atom is -0.382 e. The number of aliphatic hydroxyl groups is 1. The highest BCUT2D eigenvalue weighted by atomic mass is 16.3. The molecule has 0 radical (unpaired) electrons. The minimum absolute atomic E-state index is 0.299. The van der Waals surface area contributed by atoms with Gasteiger partial charge < -0.3 is 9.95 Å². The lowest BCUT2D eigenvalue weighted by atomic mass is 9.85. The lowest BCUT2D eigenvalue weighted by Crippen LogP contribution is -2.33. The molecule has 1 aliphatic carbocycles. The molecule has 0 aromatic carbocycles. The first-order valence-corrected chi connectivity index (χ1v) is 3.82. The van der Waals surface area contributed by atoms with Crippen LogP contribution in [-0.4, -0.2) is 17.3 Å². The van der Waals surface area contributed by atoms with E-state index in [9.17, 15) is 5.11 Å². The van der Waals surface area contributed by atoms with E-state index in [4.69, 9.17) is 6.57 Å². The molecule has 0 unspecified atom stereocenters. The largest absolute Gasteiger partial charge is 0.382 e. The van der Waals surface area contributed by atoms with Crippen LogP contribution in [0, 0.1) is 6.57 Å². The molecule has 1 saturated carbocycles. The summed E-state index contributed by atoms with van der Waals surface area (Å²) in [5.41, 5.74) is -0.625. The Bertz CT molecular complexity index is 142. The van der Waals surface area contributed by atoms with E-state index >= 15 is 0 Å². The predicted molar refractivity (Wildman–Crippen MR) is 39.5 cm³/mol. The van der Waals surface area contributed by atoms with E-state index in [1.165, 1.54) is 6.42 Å². The molecule has 0 spiro atoms. The first-order chi connectivity index (χ1) is 4.77. The monoisotopic (exact) mass is 139 g/mol. The molecule has 0 aromatic heterocycles. The van der Waals surface area contributed by atoms with Crippen molar-refractivity contribution in [3.8, 4) is 0 Å². The number of hydrogen-bond donors (Lipinski definition) is 1. The van der Waals surface area contributed by atoms with Crippen molar-refractivity contribution in [3.05, 3.63) is 11.4 Å². The molecule has 2 nitrogen and oxygen atoms in total. The topological polar surface area (TPSA) is 24.6 Å². The Kier molecular flexibility index (Phi) is 2.29. The molecule has 0 aliphatic heterocycles. The van der Waals surface area contributed by atoms with E-state index in [-0.39, 0.29) is 0 Å². The summed E-state index contributed by atoms with van der Waals surface area (Å²) in [5.74, 6) is 0. The third-order valence-electron chi connectivity index (χ3n) is 2.16. The molecule has 0 aromatic rings. The van der Waals surface area contributed by atoms with Gasteiger partial charge in [0.25, 0.3) is 0 Å². The second-order valence-corrected chi connectivity index (χ2v) is 3.10. The molecule has 1 N–H and O–H groups in total. The zero-order valence-corrected chi connectivity index (χ0v) is 6.14. The molecule has 10 heavy (non-hydrogen) atoms. The highest BCUT2D eigenvalue weighted by molar-refractivity contribution is 4.88. The first kappa shape index (κ1) is 7.56. The Hall–Kier alpha value is -0.550. The fourth-order valence-electron chi connectivity index (χ4n) is 1.52. The lowest BCUT2D eigenvalue weighted by Gasteiger charge is -2.26. The van der Waals surface area contributed by atoms with E-state index in [1.807, 2.05) is 0 Å². The van der Waals surface area contributed by atoms with Gasteiger partial charge in [0.05, 0.1) is 0 Å². The Labute approximate surface area is 61.7 Å². The SMILES string of the molecule is [C-]#[N+]CC1(O)CCCCC1. The molecule has 56 valence electrons. The molecule has 0 amide bonds. The molecule has 0 bridgehead atoms. The molecule has 0 heterocycles. The van der Waals surface area contributed by atoms with Crippen molar-refractivity contribution in [1.29, 1.82) is 0 Å². The fourth-order valence-corrected chi connectivity index (χ4v) is 1.52. The molecule has 1 aliphatic rings. The summed E-state index contributed by atoms with van der Waals surface area (Å²) in [7, 11) is 0. The van der Waals surface area contributed by atoms with Crippen molar-refractivity contribution in [3.63, 3.8) is 0 Å². The molecular formula is C8H13NO. The second-order valence-electron chi connectivity index (χ2n) is 3.10. The summed E-state index contributed by atoms with van der Waals surface area (Å²) in [6.45, 7) is 6.93. The summed E-state index contributed by atoms with van der Waals surface area (Å²) >= 11 is 0. The number of hydrogen-bond acceptors (Lipinski definition) is 1. The number of rotatable bonds is 1. The lowest BCUT2D eigenvalue weighted by molar-refractivity contribution is 0.0197. The van der Waals surface area contributed by atoms with Gasteiger partial charge in [0.2, 0.25) is 6.54 Å². The van der Waals surface area contributed by atoms with E-state index in [0.717, 1.165) is 25.7 Å². The van der Waals surface area contributed by atoms with Crippen LogP contribution >= 0.6 is 0 Å². The van der Waals surface area contributed by atoms with Crippen molar-refractivity contribution in [2.45, 2.75) is 37.7 Å². The van der Waals surface area contributed by atoms with Crippen molar-refractivity contribution in [2.24, 2.45) is 0 Å². The third kappa shape index (κ3) is 1.71. The standard InChI is InChI=1S/C8H13NO/c1-9-7-8(10)5-3-2-4-6-8/h10H,2-7H2. The van der Waals surface area contributed by atoms with E-state index in [1.54, 1.807) is 0 Å².